The number of aryl methyl sites for hydroxylation is 1. The first-order valence-corrected chi connectivity index (χ1v) is 20.5. The van der Waals surface area contributed by atoms with Gasteiger partial charge in [-0.05, 0) is 71.4 Å². The molecule has 0 spiro atoms. The van der Waals surface area contributed by atoms with Crippen LogP contribution in [-0.2, 0) is 21.6 Å². The van der Waals surface area contributed by atoms with E-state index in [2.05, 4.69) is 74.4 Å². The fraction of sp³-hybridized carbons (Fsp3) is 0.522. The predicted octanol–water partition coefficient (Wildman–Crippen LogP) is 11.5. The molecular weight excluding hydrogens is 661 g/mol. The molecule has 0 aliphatic carbocycles. The number of carbonyl (C=O) groups is 2. The van der Waals surface area contributed by atoms with Gasteiger partial charge in [0, 0.05) is 64.7 Å². The molecule has 0 amide bonds. The van der Waals surface area contributed by atoms with Gasteiger partial charge in [-0.2, -0.15) is 0 Å². The third-order valence-corrected chi connectivity index (χ3v) is 11.0. The molecule has 1 aliphatic heterocycles. The summed E-state index contributed by atoms with van der Waals surface area (Å²) in [5, 5.41) is 1.01. The highest BCUT2D eigenvalue weighted by Gasteiger charge is 2.53. The standard InChI is InChI=1S/C46H62N2O5/c1-7-12-13-14-15-16-17-18-19-20-21-24-31-52-44(49)35-27-29-39-38(32-35)45(50)53-46(39,43-34(6)48(10-4)41-26-23-22-25-37(41)43)40-30-28-36(47(8-2)9-3)33-42(40)51-11-5/h22-23,25-30,32-33H,7-21,24,31H2,1-6H3. The Morgan fingerprint density at radius 3 is 2.06 bits per heavy atom. The lowest BCUT2D eigenvalue weighted by molar-refractivity contribution is 0.0246. The summed E-state index contributed by atoms with van der Waals surface area (Å²) in [6.07, 6.45) is 15.0. The maximum atomic E-state index is 14.1. The van der Waals surface area contributed by atoms with Crippen molar-refractivity contribution in [1.82, 2.24) is 4.57 Å². The number of rotatable bonds is 22. The second kappa shape index (κ2) is 19.2. The second-order valence-electron chi connectivity index (χ2n) is 14.4. The van der Waals surface area contributed by atoms with Crippen LogP contribution in [0.15, 0.2) is 60.7 Å². The van der Waals surface area contributed by atoms with E-state index in [4.69, 9.17) is 14.2 Å². The molecule has 0 N–H and O–H groups in total. The number of esters is 2. The van der Waals surface area contributed by atoms with Crippen molar-refractivity contribution in [3.8, 4) is 5.75 Å². The van der Waals surface area contributed by atoms with Crippen LogP contribution in [0.25, 0.3) is 10.9 Å². The highest BCUT2D eigenvalue weighted by molar-refractivity contribution is 6.01. The number of hydrogen-bond donors (Lipinski definition) is 0. The first-order valence-electron chi connectivity index (χ1n) is 20.5. The number of nitrogens with zero attached hydrogens (tertiary/aromatic N) is 2. The number of ether oxygens (including phenoxy) is 3. The summed E-state index contributed by atoms with van der Waals surface area (Å²) in [5.41, 5.74) is 4.89. The van der Waals surface area contributed by atoms with E-state index in [0.29, 0.717) is 35.7 Å². The first kappa shape index (κ1) is 39.9. The van der Waals surface area contributed by atoms with E-state index in [0.717, 1.165) is 72.3 Å². The molecule has 1 aliphatic rings. The van der Waals surface area contributed by atoms with Crippen LogP contribution in [0.2, 0.25) is 0 Å². The van der Waals surface area contributed by atoms with Gasteiger partial charge in [0.05, 0.1) is 24.3 Å². The van der Waals surface area contributed by atoms with E-state index in [1.807, 2.05) is 25.1 Å². The summed E-state index contributed by atoms with van der Waals surface area (Å²) in [6.45, 7) is 16.0. The predicted molar refractivity (Wildman–Crippen MR) is 217 cm³/mol. The third kappa shape index (κ3) is 8.60. The van der Waals surface area contributed by atoms with Crippen LogP contribution in [0.1, 0.15) is 155 Å². The van der Waals surface area contributed by atoms with Crippen molar-refractivity contribution in [3.63, 3.8) is 0 Å². The number of aromatic nitrogens is 1. The van der Waals surface area contributed by atoms with Crippen LogP contribution in [0.5, 0.6) is 5.75 Å². The summed E-state index contributed by atoms with van der Waals surface area (Å²) in [7, 11) is 0. The SMILES string of the molecule is CCCCCCCCCCCCCCOC(=O)c1ccc2c(c1)C(=O)OC2(c1ccc(N(CC)CC)cc1OCC)c1c(C)n(CC)c2ccccc12. The molecule has 1 aromatic heterocycles. The van der Waals surface area contributed by atoms with Crippen molar-refractivity contribution in [3.05, 3.63) is 94.2 Å². The Bertz CT molecular complexity index is 1820. The fourth-order valence-electron chi connectivity index (χ4n) is 8.25. The molecule has 7 heteroatoms. The summed E-state index contributed by atoms with van der Waals surface area (Å²) >= 11 is 0. The molecular formula is C46H62N2O5. The number of benzene rings is 3. The zero-order chi connectivity index (χ0) is 37.8. The van der Waals surface area contributed by atoms with E-state index >= 15 is 0 Å². The normalized spacial score (nSPS) is 15.1. The minimum Gasteiger partial charge on any atom is -0.493 e. The third-order valence-electron chi connectivity index (χ3n) is 11.0. The lowest BCUT2D eigenvalue weighted by atomic mass is 9.77. The molecule has 0 bridgehead atoms. The second-order valence-corrected chi connectivity index (χ2v) is 14.4. The summed E-state index contributed by atoms with van der Waals surface area (Å²) in [4.78, 5) is 29.7. The minimum absolute atomic E-state index is 0.352. The maximum absolute atomic E-state index is 14.1. The van der Waals surface area contributed by atoms with E-state index in [1.165, 1.54) is 57.8 Å². The van der Waals surface area contributed by atoms with Gasteiger partial charge >= 0.3 is 11.9 Å². The molecule has 5 rings (SSSR count). The van der Waals surface area contributed by atoms with Crippen LogP contribution in [0.3, 0.4) is 0 Å². The van der Waals surface area contributed by atoms with Crippen LogP contribution in [0, 0.1) is 6.92 Å². The molecule has 3 aromatic carbocycles. The number of fused-ring (bicyclic) bond motifs is 2. The van der Waals surface area contributed by atoms with Crippen molar-refractivity contribution in [1.29, 1.82) is 0 Å². The monoisotopic (exact) mass is 722 g/mol. The first-order chi connectivity index (χ1) is 25.9. The highest BCUT2D eigenvalue weighted by Crippen LogP contribution is 2.53. The molecule has 1 atom stereocenters. The van der Waals surface area contributed by atoms with Gasteiger partial charge in [0.25, 0.3) is 0 Å². The smallest absolute Gasteiger partial charge is 0.340 e. The van der Waals surface area contributed by atoms with Gasteiger partial charge in [0.2, 0.25) is 0 Å². The minimum atomic E-state index is -1.31. The van der Waals surface area contributed by atoms with Gasteiger partial charge in [-0.1, -0.05) is 102 Å². The highest BCUT2D eigenvalue weighted by atomic mass is 16.6. The number of anilines is 1. The number of unbranched alkanes of at least 4 members (excludes halogenated alkanes) is 11. The lowest BCUT2D eigenvalue weighted by Gasteiger charge is -2.33. The molecule has 2 heterocycles. The summed E-state index contributed by atoms with van der Waals surface area (Å²) < 4.78 is 21.1. The largest absolute Gasteiger partial charge is 0.493 e. The number of para-hydroxylation sites is 1. The van der Waals surface area contributed by atoms with Crippen LogP contribution >= 0.6 is 0 Å². The molecule has 4 aromatic rings. The van der Waals surface area contributed by atoms with Crippen LogP contribution < -0.4 is 9.64 Å². The van der Waals surface area contributed by atoms with Crippen molar-refractivity contribution in [2.24, 2.45) is 0 Å². The van der Waals surface area contributed by atoms with Crippen molar-refractivity contribution in [2.75, 3.05) is 31.2 Å². The van der Waals surface area contributed by atoms with E-state index < -0.39 is 17.5 Å². The van der Waals surface area contributed by atoms with E-state index in [9.17, 15) is 9.59 Å². The maximum Gasteiger partial charge on any atom is 0.340 e. The number of hydrogen-bond acceptors (Lipinski definition) is 6. The average Bonchev–Trinajstić information content (AvgIpc) is 3.63. The molecule has 0 saturated carbocycles. The van der Waals surface area contributed by atoms with Gasteiger partial charge in [0.1, 0.15) is 5.75 Å². The van der Waals surface area contributed by atoms with Gasteiger partial charge in [-0.15, -0.1) is 0 Å². The van der Waals surface area contributed by atoms with E-state index in [1.54, 1.807) is 12.1 Å². The van der Waals surface area contributed by atoms with Crippen molar-refractivity contribution >= 4 is 28.5 Å². The molecule has 7 nitrogen and oxygen atoms in total. The Morgan fingerprint density at radius 2 is 1.42 bits per heavy atom. The van der Waals surface area contributed by atoms with Crippen molar-refractivity contribution < 1.29 is 23.8 Å². The Balaban J connectivity index is 1.40. The Kier molecular flexibility index (Phi) is 14.5. The molecule has 53 heavy (non-hydrogen) atoms. The fourth-order valence-corrected chi connectivity index (χ4v) is 8.25. The molecule has 0 saturated heterocycles. The lowest BCUT2D eigenvalue weighted by Crippen LogP contribution is -2.31. The Hall–Kier alpha value is -4.26. The summed E-state index contributed by atoms with van der Waals surface area (Å²) in [6, 6.07) is 19.8. The molecule has 286 valence electrons. The van der Waals surface area contributed by atoms with Crippen molar-refractivity contribution in [2.45, 2.75) is 131 Å². The van der Waals surface area contributed by atoms with Crippen LogP contribution in [-0.4, -0.2) is 42.8 Å². The Morgan fingerprint density at radius 1 is 0.774 bits per heavy atom. The quantitative estimate of drug-likeness (QED) is 0.0594. The number of cyclic esters (lactones) is 1. The Labute approximate surface area is 318 Å². The van der Waals surface area contributed by atoms with Crippen LogP contribution in [0.4, 0.5) is 5.69 Å². The van der Waals surface area contributed by atoms with Gasteiger partial charge < -0.3 is 23.7 Å². The average molecular weight is 723 g/mol. The zero-order valence-corrected chi connectivity index (χ0v) is 33.2. The zero-order valence-electron chi connectivity index (χ0n) is 33.2. The van der Waals surface area contributed by atoms with Gasteiger partial charge in [0.15, 0.2) is 5.60 Å². The van der Waals surface area contributed by atoms with Gasteiger partial charge in [-0.25, -0.2) is 9.59 Å². The summed E-state index contributed by atoms with van der Waals surface area (Å²) in [5.74, 6) is -0.228. The topological polar surface area (TPSA) is 70.0 Å². The molecule has 0 radical (unpaired) electrons. The van der Waals surface area contributed by atoms with Gasteiger partial charge in [-0.3, -0.25) is 0 Å². The molecule has 0 fully saturated rings. The van der Waals surface area contributed by atoms with E-state index in [-0.39, 0.29) is 0 Å². The number of carbonyl (C=O) groups excluding carboxylic acids is 2. The molecule has 1 unspecified atom stereocenters.